The molecule has 0 saturated carbocycles. The predicted molar refractivity (Wildman–Crippen MR) is 26.1 cm³/mol. The summed E-state index contributed by atoms with van der Waals surface area (Å²) < 4.78 is 0. The quantitative estimate of drug-likeness (QED) is 0.398. The van der Waals surface area contributed by atoms with Crippen molar-refractivity contribution in [1.29, 1.82) is 0 Å². The zero-order valence-corrected chi connectivity index (χ0v) is 5.56. The fourth-order valence-corrected chi connectivity index (χ4v) is 0. The first-order chi connectivity index (χ1) is 2.91. The molecule has 0 atom stereocenters. The molecule has 0 saturated heterocycles. The standard InChI is InChI=1S/C4H9.ClH.Ni/c1-3-4-2;;/h1,3-4H2,2H3;1H;/q-1;;+1/p-1. The molecule has 0 bridgehead atoms. The van der Waals surface area contributed by atoms with Gasteiger partial charge in [-0.25, -0.2) is 0 Å². The molecule has 0 N–H and O–H groups in total. The van der Waals surface area contributed by atoms with Gasteiger partial charge in [-0.05, 0) is 0 Å². The van der Waals surface area contributed by atoms with Crippen molar-refractivity contribution in [1.82, 2.24) is 0 Å². The number of halogens is 1. The molecular formula is C4H9ClNi-. The molecule has 0 aromatic heterocycles. The summed E-state index contributed by atoms with van der Waals surface area (Å²) in [6, 6.07) is 0. The Morgan fingerprint density at radius 1 is 1.67 bits per heavy atom. The van der Waals surface area contributed by atoms with Crippen LogP contribution in [0.5, 0.6) is 0 Å². The zero-order valence-electron chi connectivity index (χ0n) is 3.82. The second-order valence-electron chi connectivity index (χ2n) is 0.854. The second kappa shape index (κ2) is 17.1. The van der Waals surface area contributed by atoms with Crippen LogP contribution in [-0.4, -0.2) is 0 Å². The van der Waals surface area contributed by atoms with Gasteiger partial charge in [0.15, 0.2) is 0 Å². The molecule has 0 spiro atoms. The third-order valence-corrected chi connectivity index (χ3v) is 0.354. The van der Waals surface area contributed by atoms with Crippen LogP contribution in [0, 0.1) is 6.92 Å². The maximum atomic E-state index is 4.26. The molecule has 0 heterocycles. The molecule has 0 aliphatic rings. The number of rotatable bonds is 1. The van der Waals surface area contributed by atoms with Crippen LogP contribution in [0.4, 0.5) is 0 Å². The Kier molecular flexibility index (Phi) is 28.2. The Morgan fingerprint density at radius 3 is 1.83 bits per heavy atom. The SMILES string of the molecule is [CH2-]CCC.[Cl][Ni]. The third kappa shape index (κ3) is 21.5. The van der Waals surface area contributed by atoms with Crippen molar-refractivity contribution in [2.24, 2.45) is 0 Å². The van der Waals surface area contributed by atoms with Crippen molar-refractivity contribution in [2.45, 2.75) is 19.8 Å². The first-order valence-corrected chi connectivity index (χ1v) is 3.19. The van der Waals surface area contributed by atoms with Gasteiger partial charge in [-0.15, -0.1) is 0 Å². The van der Waals surface area contributed by atoms with Crippen LogP contribution in [-0.2, 0) is 14.6 Å². The van der Waals surface area contributed by atoms with Gasteiger partial charge in [-0.3, -0.25) is 0 Å². The molecule has 0 amide bonds. The molecular weight excluding hydrogens is 142 g/mol. The Hall–Kier alpha value is 0.784. The molecule has 0 fully saturated rings. The van der Waals surface area contributed by atoms with E-state index in [9.17, 15) is 0 Å². The van der Waals surface area contributed by atoms with Crippen LogP contribution in [0.3, 0.4) is 0 Å². The van der Waals surface area contributed by atoms with Crippen molar-refractivity contribution in [3.63, 3.8) is 0 Å². The Bertz CT molecular complexity index is 9.51. The Balaban J connectivity index is 0. The minimum atomic E-state index is 1.07. The van der Waals surface area contributed by atoms with E-state index in [1.165, 1.54) is 6.42 Å². The molecule has 0 radical (unpaired) electrons. The van der Waals surface area contributed by atoms with Crippen molar-refractivity contribution in [2.75, 3.05) is 0 Å². The third-order valence-electron chi connectivity index (χ3n) is 0.354. The molecule has 2 heteroatoms. The van der Waals surface area contributed by atoms with E-state index < -0.39 is 0 Å². The van der Waals surface area contributed by atoms with Crippen LogP contribution in [0.2, 0.25) is 0 Å². The summed E-state index contributed by atoms with van der Waals surface area (Å²) in [5.41, 5.74) is 0. The maximum absolute atomic E-state index is 4.26. The van der Waals surface area contributed by atoms with Gasteiger partial charge < -0.3 is 6.92 Å². The van der Waals surface area contributed by atoms with E-state index >= 15 is 0 Å². The average Bonchev–Trinajstić information content (AvgIpc) is 1.72. The van der Waals surface area contributed by atoms with Gasteiger partial charge in [0.05, 0.1) is 0 Å². The fourth-order valence-electron chi connectivity index (χ4n) is 0. The first-order valence-electron chi connectivity index (χ1n) is 1.83. The van der Waals surface area contributed by atoms with Crippen LogP contribution < -0.4 is 0 Å². The minimum absolute atomic E-state index is 1.07. The van der Waals surface area contributed by atoms with Crippen molar-refractivity contribution in [3.05, 3.63) is 6.92 Å². The van der Waals surface area contributed by atoms with Gasteiger partial charge in [-0.2, -0.15) is 6.42 Å². The Labute approximate surface area is 51.9 Å². The summed E-state index contributed by atoms with van der Waals surface area (Å²) >= 11 is 3.35. The summed E-state index contributed by atoms with van der Waals surface area (Å²) in [5, 5.41) is 0. The van der Waals surface area contributed by atoms with E-state index in [1.54, 1.807) is 0 Å². The summed E-state index contributed by atoms with van der Waals surface area (Å²) in [6.07, 6.45) is 2.28. The number of hydrogen-bond acceptors (Lipinski definition) is 0. The summed E-state index contributed by atoms with van der Waals surface area (Å²) in [6.45, 7) is 5.72. The van der Waals surface area contributed by atoms with E-state index in [2.05, 4.69) is 38.6 Å². The van der Waals surface area contributed by atoms with E-state index in [0.29, 0.717) is 0 Å². The fraction of sp³-hybridized carbons (Fsp3) is 0.750. The normalized spacial score (nSPS) is 6.17. The van der Waals surface area contributed by atoms with Crippen LogP contribution in [0.25, 0.3) is 0 Å². The number of unbranched alkanes of at least 4 members (excludes halogenated alkanes) is 1. The molecule has 0 aromatic rings. The van der Waals surface area contributed by atoms with E-state index in [4.69, 9.17) is 0 Å². The molecule has 0 nitrogen and oxygen atoms in total. The van der Waals surface area contributed by atoms with Crippen LogP contribution in [0.15, 0.2) is 0 Å². The topological polar surface area (TPSA) is 0 Å². The summed E-state index contributed by atoms with van der Waals surface area (Å²) in [7, 11) is 4.26. The van der Waals surface area contributed by atoms with Gasteiger partial charge in [0.1, 0.15) is 0 Å². The van der Waals surface area contributed by atoms with Gasteiger partial charge in [0, 0.05) is 0 Å². The van der Waals surface area contributed by atoms with Gasteiger partial charge in [0.25, 0.3) is 0 Å². The van der Waals surface area contributed by atoms with E-state index in [-0.39, 0.29) is 0 Å². The van der Waals surface area contributed by atoms with Crippen LogP contribution in [0.1, 0.15) is 19.8 Å². The predicted octanol–water partition coefficient (Wildman–Crippen LogP) is 2.31. The van der Waals surface area contributed by atoms with Gasteiger partial charge in [0.2, 0.25) is 0 Å². The molecule has 0 aliphatic carbocycles. The molecule has 0 unspecified atom stereocenters. The van der Waals surface area contributed by atoms with Crippen molar-refractivity contribution < 1.29 is 14.6 Å². The van der Waals surface area contributed by atoms with E-state index in [1.807, 2.05) is 0 Å². The van der Waals surface area contributed by atoms with Crippen molar-refractivity contribution in [3.8, 4) is 0 Å². The molecule has 43 valence electrons. The molecule has 0 aliphatic heterocycles. The van der Waals surface area contributed by atoms with E-state index in [0.717, 1.165) is 6.42 Å². The van der Waals surface area contributed by atoms with Crippen LogP contribution >= 0.6 is 10.2 Å². The molecule has 0 aromatic carbocycles. The number of hydrogen-bond donors (Lipinski definition) is 0. The monoisotopic (exact) mass is 150 g/mol. The second-order valence-corrected chi connectivity index (χ2v) is 0.854. The Morgan fingerprint density at radius 2 is 1.83 bits per heavy atom. The summed E-state index contributed by atoms with van der Waals surface area (Å²) in [4.78, 5) is 0. The summed E-state index contributed by atoms with van der Waals surface area (Å²) in [5.74, 6) is 0. The molecule has 0 rings (SSSR count). The molecule has 6 heavy (non-hydrogen) atoms. The van der Waals surface area contributed by atoms with Crippen molar-refractivity contribution >= 4 is 10.2 Å². The zero-order chi connectivity index (χ0) is 5.41. The average molecular weight is 151 g/mol. The first kappa shape index (κ1) is 9.92. The van der Waals surface area contributed by atoms with Gasteiger partial charge in [-0.1, -0.05) is 13.3 Å². The van der Waals surface area contributed by atoms with Gasteiger partial charge >= 0.3 is 24.8 Å².